The van der Waals surface area contributed by atoms with Crippen LogP contribution < -0.4 is 5.32 Å². The van der Waals surface area contributed by atoms with Crippen LogP contribution in [-0.4, -0.2) is 4.92 Å². The van der Waals surface area contributed by atoms with E-state index in [1.165, 1.54) is 6.07 Å². The summed E-state index contributed by atoms with van der Waals surface area (Å²) in [6.07, 6.45) is 0. The van der Waals surface area contributed by atoms with E-state index in [-0.39, 0.29) is 16.7 Å². The smallest absolute Gasteiger partial charge is 0.292 e. The van der Waals surface area contributed by atoms with Gasteiger partial charge in [-0.3, -0.25) is 10.1 Å². The Bertz CT molecular complexity index is 557. The molecule has 1 aromatic carbocycles. The van der Waals surface area contributed by atoms with Gasteiger partial charge in [0, 0.05) is 15.4 Å². The lowest BCUT2D eigenvalue weighted by atomic mass is 10.2. The van der Waals surface area contributed by atoms with Crippen LogP contribution >= 0.6 is 27.3 Å². The van der Waals surface area contributed by atoms with E-state index >= 15 is 0 Å². The fraction of sp³-hybridized carbons (Fsp3) is 0.167. The van der Waals surface area contributed by atoms with Crippen molar-refractivity contribution in [2.75, 3.05) is 5.32 Å². The molecule has 94 valence electrons. The monoisotopic (exact) mass is 326 g/mol. The Labute approximate surface area is 117 Å². The fourth-order valence-electron chi connectivity index (χ4n) is 1.63. The van der Waals surface area contributed by atoms with E-state index in [9.17, 15) is 10.1 Å². The molecule has 0 saturated heterocycles. The largest absolute Gasteiger partial charge is 0.372 e. The predicted molar refractivity (Wildman–Crippen MR) is 77.2 cm³/mol. The number of hydrogen-bond donors (Lipinski definition) is 1. The molecule has 1 aromatic heterocycles. The minimum Gasteiger partial charge on any atom is -0.372 e. The fourth-order valence-corrected chi connectivity index (χ4v) is 2.72. The Hall–Kier alpha value is -1.40. The molecule has 2 rings (SSSR count). The van der Waals surface area contributed by atoms with Crippen LogP contribution in [0.1, 0.15) is 17.8 Å². The SMILES string of the molecule is CC(Nc1cc(Br)ccc1[N+](=O)[O-])c1cccs1. The number of nitro groups is 1. The van der Waals surface area contributed by atoms with E-state index in [4.69, 9.17) is 0 Å². The second kappa shape index (κ2) is 5.49. The molecule has 0 spiro atoms. The predicted octanol–water partition coefficient (Wildman–Crippen LogP) is 4.59. The molecular formula is C12H11BrN2O2S. The van der Waals surface area contributed by atoms with Crippen LogP contribution in [0.5, 0.6) is 0 Å². The first kappa shape index (κ1) is 13.0. The maximum absolute atomic E-state index is 11.0. The molecule has 0 bridgehead atoms. The van der Waals surface area contributed by atoms with Crippen LogP contribution in [0, 0.1) is 10.1 Å². The lowest BCUT2D eigenvalue weighted by Gasteiger charge is -2.14. The highest BCUT2D eigenvalue weighted by atomic mass is 79.9. The van der Waals surface area contributed by atoms with Gasteiger partial charge in [0.15, 0.2) is 0 Å². The van der Waals surface area contributed by atoms with Gasteiger partial charge in [0.25, 0.3) is 5.69 Å². The van der Waals surface area contributed by atoms with Gasteiger partial charge in [-0.05, 0) is 30.5 Å². The number of hydrogen-bond acceptors (Lipinski definition) is 4. The first-order valence-electron chi connectivity index (χ1n) is 5.32. The number of nitro benzene ring substituents is 1. The summed E-state index contributed by atoms with van der Waals surface area (Å²) in [4.78, 5) is 11.7. The van der Waals surface area contributed by atoms with E-state index in [0.29, 0.717) is 5.69 Å². The van der Waals surface area contributed by atoms with E-state index in [1.54, 1.807) is 23.5 Å². The number of thiophene rings is 1. The van der Waals surface area contributed by atoms with Crippen LogP contribution in [0.15, 0.2) is 40.2 Å². The van der Waals surface area contributed by atoms with Crippen LogP contribution in [0.25, 0.3) is 0 Å². The second-order valence-corrected chi connectivity index (χ2v) is 5.69. The van der Waals surface area contributed by atoms with E-state index < -0.39 is 0 Å². The Balaban J connectivity index is 2.28. The van der Waals surface area contributed by atoms with E-state index in [0.717, 1.165) is 9.35 Å². The van der Waals surface area contributed by atoms with Crippen LogP contribution in [0.2, 0.25) is 0 Å². The third kappa shape index (κ3) is 2.88. The average molecular weight is 327 g/mol. The highest BCUT2D eigenvalue weighted by Gasteiger charge is 2.16. The van der Waals surface area contributed by atoms with Gasteiger partial charge in [-0.25, -0.2) is 0 Å². The zero-order valence-electron chi connectivity index (χ0n) is 9.59. The first-order valence-corrected chi connectivity index (χ1v) is 6.99. The Morgan fingerprint density at radius 1 is 1.44 bits per heavy atom. The normalized spacial score (nSPS) is 12.1. The summed E-state index contributed by atoms with van der Waals surface area (Å²) in [5.41, 5.74) is 0.608. The van der Waals surface area contributed by atoms with Gasteiger partial charge in [-0.15, -0.1) is 11.3 Å². The molecule has 4 nitrogen and oxygen atoms in total. The number of anilines is 1. The zero-order chi connectivity index (χ0) is 13.1. The molecule has 0 fully saturated rings. The third-order valence-corrected chi connectivity index (χ3v) is 4.05. The Morgan fingerprint density at radius 2 is 2.22 bits per heavy atom. The molecule has 2 aromatic rings. The van der Waals surface area contributed by atoms with Crippen molar-refractivity contribution in [1.82, 2.24) is 0 Å². The van der Waals surface area contributed by atoms with Gasteiger partial charge in [0.2, 0.25) is 0 Å². The third-order valence-electron chi connectivity index (χ3n) is 2.50. The average Bonchev–Trinajstić information content (AvgIpc) is 2.81. The van der Waals surface area contributed by atoms with Crippen molar-refractivity contribution >= 4 is 38.6 Å². The number of halogens is 1. The van der Waals surface area contributed by atoms with Crippen LogP contribution in [0.3, 0.4) is 0 Å². The maximum Gasteiger partial charge on any atom is 0.292 e. The number of rotatable bonds is 4. The molecule has 1 heterocycles. The Kier molecular flexibility index (Phi) is 3.98. The molecule has 0 saturated carbocycles. The molecule has 18 heavy (non-hydrogen) atoms. The standard InChI is InChI=1S/C12H11BrN2O2S/c1-8(12-3-2-6-18-12)14-10-7-9(13)4-5-11(10)15(16)17/h2-8,14H,1H3. The van der Waals surface area contributed by atoms with Crippen molar-refractivity contribution in [2.24, 2.45) is 0 Å². The summed E-state index contributed by atoms with van der Waals surface area (Å²) in [6.45, 7) is 1.98. The van der Waals surface area contributed by atoms with Crippen molar-refractivity contribution in [1.29, 1.82) is 0 Å². The van der Waals surface area contributed by atoms with Gasteiger partial charge >= 0.3 is 0 Å². The summed E-state index contributed by atoms with van der Waals surface area (Å²) in [5, 5.41) is 16.1. The van der Waals surface area contributed by atoms with Gasteiger partial charge in [0.1, 0.15) is 5.69 Å². The quantitative estimate of drug-likeness (QED) is 0.660. The zero-order valence-corrected chi connectivity index (χ0v) is 12.0. The van der Waals surface area contributed by atoms with Gasteiger partial charge in [-0.2, -0.15) is 0 Å². The molecule has 1 unspecified atom stereocenters. The lowest BCUT2D eigenvalue weighted by molar-refractivity contribution is -0.384. The Morgan fingerprint density at radius 3 is 2.83 bits per heavy atom. The van der Waals surface area contributed by atoms with Crippen LogP contribution in [0.4, 0.5) is 11.4 Å². The van der Waals surface area contributed by atoms with Crippen LogP contribution in [-0.2, 0) is 0 Å². The van der Waals surface area contributed by atoms with Crippen molar-refractivity contribution in [3.63, 3.8) is 0 Å². The van der Waals surface area contributed by atoms with E-state index in [2.05, 4.69) is 21.2 Å². The molecule has 6 heteroatoms. The minimum atomic E-state index is -0.379. The summed E-state index contributed by atoms with van der Waals surface area (Å²) in [5.74, 6) is 0. The number of nitrogens with one attached hydrogen (secondary N) is 1. The van der Waals surface area contributed by atoms with Crippen molar-refractivity contribution in [3.05, 3.63) is 55.2 Å². The second-order valence-electron chi connectivity index (χ2n) is 3.80. The van der Waals surface area contributed by atoms with Crippen molar-refractivity contribution < 1.29 is 4.92 Å². The summed E-state index contributed by atoms with van der Waals surface area (Å²) in [6, 6.07) is 8.90. The van der Waals surface area contributed by atoms with Crippen molar-refractivity contribution in [3.8, 4) is 0 Å². The minimum absolute atomic E-state index is 0.0398. The number of benzene rings is 1. The molecule has 1 N–H and O–H groups in total. The molecule has 0 aliphatic rings. The molecule has 0 aliphatic heterocycles. The summed E-state index contributed by atoms with van der Waals surface area (Å²) in [7, 11) is 0. The maximum atomic E-state index is 11.0. The summed E-state index contributed by atoms with van der Waals surface area (Å²) < 4.78 is 0.814. The van der Waals surface area contributed by atoms with Gasteiger partial charge < -0.3 is 5.32 Å². The number of nitrogens with zero attached hydrogens (tertiary/aromatic N) is 1. The highest BCUT2D eigenvalue weighted by Crippen LogP contribution is 2.31. The van der Waals surface area contributed by atoms with E-state index in [1.807, 2.05) is 24.4 Å². The summed E-state index contributed by atoms with van der Waals surface area (Å²) >= 11 is 4.95. The molecule has 0 aliphatic carbocycles. The highest BCUT2D eigenvalue weighted by molar-refractivity contribution is 9.10. The molecule has 0 radical (unpaired) electrons. The molecular weight excluding hydrogens is 316 g/mol. The molecule has 0 amide bonds. The van der Waals surface area contributed by atoms with Gasteiger partial charge in [0.05, 0.1) is 11.0 Å². The topological polar surface area (TPSA) is 55.2 Å². The first-order chi connectivity index (χ1) is 8.58. The lowest BCUT2D eigenvalue weighted by Crippen LogP contribution is -2.06. The van der Waals surface area contributed by atoms with Crippen molar-refractivity contribution in [2.45, 2.75) is 13.0 Å². The molecule has 1 atom stereocenters. The van der Waals surface area contributed by atoms with Gasteiger partial charge in [-0.1, -0.05) is 22.0 Å².